The average molecular weight is 342 g/mol. The van der Waals surface area contributed by atoms with E-state index in [0.717, 1.165) is 12.0 Å². The van der Waals surface area contributed by atoms with Gasteiger partial charge < -0.3 is 20.9 Å². The number of nitrogens with two attached hydrogens (primary N) is 1. The topological polar surface area (TPSA) is 102 Å². The van der Waals surface area contributed by atoms with E-state index in [4.69, 9.17) is 10.5 Å². The Morgan fingerprint density at radius 1 is 1.20 bits per heavy atom. The average Bonchev–Trinajstić information content (AvgIpc) is 2.57. The number of carbonyl (C=O) groups is 2. The molecule has 0 radical (unpaired) electrons. The lowest BCUT2D eigenvalue weighted by Gasteiger charge is -2.20. The molecular weight excluding hydrogens is 320 g/mol. The van der Waals surface area contributed by atoms with Crippen molar-refractivity contribution in [3.63, 3.8) is 0 Å². The van der Waals surface area contributed by atoms with Crippen LogP contribution >= 0.6 is 0 Å². The molecule has 6 heteroatoms. The Labute approximate surface area is 146 Å². The summed E-state index contributed by atoms with van der Waals surface area (Å²) in [4.78, 5) is 23.3. The molecule has 0 spiro atoms. The van der Waals surface area contributed by atoms with Gasteiger partial charge in [0.15, 0.2) is 17.7 Å². The van der Waals surface area contributed by atoms with E-state index < -0.39 is 12.1 Å². The largest absolute Gasteiger partial charge is 0.504 e. The van der Waals surface area contributed by atoms with Crippen LogP contribution in [0.15, 0.2) is 48.5 Å². The van der Waals surface area contributed by atoms with Crippen molar-refractivity contribution in [3.05, 3.63) is 59.7 Å². The number of nitrogens with one attached hydrogen (secondary N) is 1. The van der Waals surface area contributed by atoms with Crippen LogP contribution in [-0.4, -0.2) is 23.1 Å². The van der Waals surface area contributed by atoms with Crippen molar-refractivity contribution >= 4 is 11.8 Å². The first-order valence-electron chi connectivity index (χ1n) is 8.12. The van der Waals surface area contributed by atoms with Crippen LogP contribution in [0, 0.1) is 0 Å². The van der Waals surface area contributed by atoms with E-state index in [9.17, 15) is 14.7 Å². The number of amides is 2. The zero-order valence-electron chi connectivity index (χ0n) is 14.1. The first-order valence-corrected chi connectivity index (χ1v) is 8.12. The van der Waals surface area contributed by atoms with Crippen molar-refractivity contribution in [2.75, 3.05) is 0 Å². The summed E-state index contributed by atoms with van der Waals surface area (Å²) in [6, 6.07) is 13.6. The van der Waals surface area contributed by atoms with Gasteiger partial charge in [0.25, 0.3) is 0 Å². The van der Waals surface area contributed by atoms with Gasteiger partial charge in [0.2, 0.25) is 11.8 Å². The van der Waals surface area contributed by atoms with Crippen LogP contribution < -0.4 is 15.8 Å². The predicted octanol–water partition coefficient (Wildman–Crippen LogP) is 2.35. The Kier molecular flexibility index (Phi) is 6.39. The number of phenols is 1. The van der Waals surface area contributed by atoms with Gasteiger partial charge in [-0.3, -0.25) is 9.59 Å². The minimum absolute atomic E-state index is 0.169. The van der Waals surface area contributed by atoms with Gasteiger partial charge in [0.05, 0.1) is 6.42 Å². The lowest BCUT2D eigenvalue weighted by molar-refractivity contribution is -0.123. The molecule has 132 valence electrons. The molecule has 25 heavy (non-hydrogen) atoms. The maximum Gasteiger partial charge on any atom is 0.248 e. The van der Waals surface area contributed by atoms with Crippen LogP contribution in [0.2, 0.25) is 0 Å². The summed E-state index contributed by atoms with van der Waals surface area (Å²) in [5.41, 5.74) is 6.26. The predicted molar refractivity (Wildman–Crippen MR) is 94.2 cm³/mol. The number of phenolic OH excluding ortho intramolecular Hbond substituents is 1. The molecule has 6 nitrogen and oxygen atoms in total. The van der Waals surface area contributed by atoms with Gasteiger partial charge in [0, 0.05) is 12.0 Å². The van der Waals surface area contributed by atoms with E-state index in [1.165, 1.54) is 18.2 Å². The third-order valence-electron chi connectivity index (χ3n) is 3.59. The Morgan fingerprint density at radius 3 is 2.52 bits per heavy atom. The molecule has 2 aromatic carbocycles. The highest BCUT2D eigenvalue weighted by Gasteiger charge is 2.16. The Hall–Kier alpha value is -3.02. The molecule has 4 N–H and O–H groups in total. The van der Waals surface area contributed by atoms with Crippen molar-refractivity contribution in [3.8, 4) is 11.5 Å². The van der Waals surface area contributed by atoms with Crippen molar-refractivity contribution in [2.45, 2.75) is 32.4 Å². The minimum Gasteiger partial charge on any atom is -0.504 e. The van der Waals surface area contributed by atoms with E-state index in [0.29, 0.717) is 6.42 Å². The molecule has 0 heterocycles. The summed E-state index contributed by atoms with van der Waals surface area (Å²) in [5.74, 6) is -0.820. The Bertz CT molecular complexity index is 731. The number of hydrogen-bond acceptors (Lipinski definition) is 4. The van der Waals surface area contributed by atoms with Crippen molar-refractivity contribution in [2.24, 2.45) is 5.73 Å². The fourth-order valence-electron chi connectivity index (χ4n) is 2.36. The number of carbonyl (C=O) groups excluding carboxylic acids is 2. The van der Waals surface area contributed by atoms with Gasteiger partial charge >= 0.3 is 0 Å². The molecule has 0 aliphatic carbocycles. The van der Waals surface area contributed by atoms with E-state index in [1.54, 1.807) is 0 Å². The van der Waals surface area contributed by atoms with Gasteiger partial charge in [-0.2, -0.15) is 0 Å². The number of benzene rings is 2. The molecule has 2 aromatic rings. The first kappa shape index (κ1) is 18.3. The Morgan fingerprint density at radius 2 is 1.92 bits per heavy atom. The standard InChI is InChI=1S/C19H22N2O4/c1-2-6-18(21-17(23)11-13-7-4-3-5-8-13)25-16-10-9-14(19(20)24)12-15(16)22/h3-5,7-10,12,18,22H,2,6,11H2,1H3,(H2,20,24)(H,21,23). The van der Waals surface area contributed by atoms with Crippen LogP contribution in [0.5, 0.6) is 11.5 Å². The van der Waals surface area contributed by atoms with Crippen LogP contribution in [0.1, 0.15) is 35.7 Å². The normalized spacial score (nSPS) is 11.6. The van der Waals surface area contributed by atoms with E-state index in [1.807, 2.05) is 37.3 Å². The number of ether oxygens (including phenoxy) is 1. The molecular formula is C19H22N2O4. The molecule has 0 saturated heterocycles. The highest BCUT2D eigenvalue weighted by atomic mass is 16.5. The third-order valence-corrected chi connectivity index (χ3v) is 3.59. The fraction of sp³-hybridized carbons (Fsp3) is 0.263. The van der Waals surface area contributed by atoms with E-state index in [2.05, 4.69) is 5.32 Å². The molecule has 0 aromatic heterocycles. The molecule has 2 amide bonds. The van der Waals surface area contributed by atoms with Crippen molar-refractivity contribution < 1.29 is 19.4 Å². The zero-order valence-corrected chi connectivity index (χ0v) is 14.1. The van der Waals surface area contributed by atoms with Gasteiger partial charge in [0.1, 0.15) is 0 Å². The number of rotatable bonds is 8. The van der Waals surface area contributed by atoms with Crippen LogP contribution in [0.25, 0.3) is 0 Å². The number of aromatic hydroxyl groups is 1. The van der Waals surface area contributed by atoms with Crippen molar-refractivity contribution in [1.29, 1.82) is 0 Å². The second-order valence-corrected chi connectivity index (χ2v) is 5.67. The summed E-state index contributed by atoms with van der Waals surface area (Å²) >= 11 is 0. The van der Waals surface area contributed by atoms with Gasteiger partial charge in [-0.15, -0.1) is 0 Å². The second-order valence-electron chi connectivity index (χ2n) is 5.67. The van der Waals surface area contributed by atoms with Crippen molar-refractivity contribution in [1.82, 2.24) is 5.32 Å². The molecule has 0 saturated carbocycles. The van der Waals surface area contributed by atoms with E-state index in [-0.39, 0.29) is 29.4 Å². The van der Waals surface area contributed by atoms with Crippen LogP contribution in [0.4, 0.5) is 0 Å². The summed E-state index contributed by atoms with van der Waals surface area (Å²) < 4.78 is 5.69. The third kappa shape index (κ3) is 5.53. The maximum atomic E-state index is 12.2. The lowest BCUT2D eigenvalue weighted by atomic mass is 10.1. The molecule has 1 atom stereocenters. The van der Waals surface area contributed by atoms with Crippen LogP contribution in [-0.2, 0) is 11.2 Å². The molecule has 0 aliphatic rings. The van der Waals surface area contributed by atoms with Gasteiger partial charge in [-0.1, -0.05) is 43.7 Å². The number of primary amides is 1. The minimum atomic E-state index is -0.636. The van der Waals surface area contributed by atoms with E-state index >= 15 is 0 Å². The van der Waals surface area contributed by atoms with Gasteiger partial charge in [-0.05, 0) is 23.8 Å². The highest BCUT2D eigenvalue weighted by Crippen LogP contribution is 2.28. The summed E-state index contributed by atoms with van der Waals surface area (Å²) in [7, 11) is 0. The smallest absolute Gasteiger partial charge is 0.248 e. The van der Waals surface area contributed by atoms with Crippen LogP contribution in [0.3, 0.4) is 0 Å². The fourth-order valence-corrected chi connectivity index (χ4v) is 2.36. The molecule has 2 rings (SSSR count). The SMILES string of the molecule is CCCC(NC(=O)Cc1ccccc1)Oc1ccc(C(N)=O)cc1O. The maximum absolute atomic E-state index is 12.2. The lowest BCUT2D eigenvalue weighted by Crippen LogP contribution is -2.39. The van der Waals surface area contributed by atoms with Gasteiger partial charge in [-0.25, -0.2) is 0 Å². The zero-order chi connectivity index (χ0) is 18.2. The Balaban J connectivity index is 2.03. The molecule has 0 bridgehead atoms. The first-order chi connectivity index (χ1) is 12.0. The quantitative estimate of drug-likeness (QED) is 0.641. The molecule has 0 fully saturated rings. The second kappa shape index (κ2) is 8.73. The summed E-state index contributed by atoms with van der Waals surface area (Å²) in [6.45, 7) is 1.97. The highest BCUT2D eigenvalue weighted by molar-refractivity contribution is 5.93. The summed E-state index contributed by atoms with van der Waals surface area (Å²) in [5, 5.41) is 12.8. The summed E-state index contributed by atoms with van der Waals surface area (Å²) in [6.07, 6.45) is 1.04. The molecule has 1 unspecified atom stereocenters. The molecule has 0 aliphatic heterocycles. The number of hydrogen-bond donors (Lipinski definition) is 3. The monoisotopic (exact) mass is 342 g/mol.